The van der Waals surface area contributed by atoms with E-state index in [1.807, 2.05) is 0 Å². The molecular weight excluding hydrogens is 473 g/mol. The summed E-state index contributed by atoms with van der Waals surface area (Å²) in [5, 5.41) is 0.0274. The molecule has 0 bridgehead atoms. The number of ether oxygens (including phenoxy) is 2. The van der Waals surface area contributed by atoms with Crippen molar-refractivity contribution in [3.63, 3.8) is 0 Å². The number of carbonyl (C=O) groups excluding carboxylic acids is 4. The van der Waals surface area contributed by atoms with E-state index in [2.05, 4.69) is 4.74 Å². The fourth-order valence-electron chi connectivity index (χ4n) is 3.30. The highest BCUT2D eigenvalue weighted by Crippen LogP contribution is 2.36. The third kappa shape index (κ3) is 6.80. The lowest BCUT2D eigenvalue weighted by Crippen LogP contribution is -2.39. The van der Waals surface area contributed by atoms with Gasteiger partial charge in [0.15, 0.2) is 0 Å². The number of methoxy groups -OCH3 is 1. The predicted octanol–water partition coefficient (Wildman–Crippen LogP) is 4.84. The first kappa shape index (κ1) is 26.9. The van der Waals surface area contributed by atoms with E-state index in [1.165, 1.54) is 13.2 Å². The van der Waals surface area contributed by atoms with Crippen LogP contribution in [-0.2, 0) is 28.7 Å². The molecule has 7 nitrogen and oxygen atoms in total. The standard InChI is InChI=1S/C23H27ClFNO6S/c1-5-20(27)26(18-11-19(16(24)10-17(18)25)33-12-21(28)31-4)22(29)14-8-6-7-9-15(14)23(30)32-13(2)3/h10-11,13H,5-9,12H2,1-4H3. The number of halogens is 2. The molecular formula is C23H27ClFNO6S. The number of amides is 2. The van der Waals surface area contributed by atoms with Gasteiger partial charge in [0, 0.05) is 22.5 Å². The molecule has 1 aliphatic rings. The number of nitrogens with zero attached hydrogens (tertiary/aromatic N) is 1. The summed E-state index contributed by atoms with van der Waals surface area (Å²) in [6.07, 6.45) is 1.51. The van der Waals surface area contributed by atoms with Gasteiger partial charge >= 0.3 is 11.9 Å². The molecule has 0 saturated carbocycles. The maximum atomic E-state index is 15.0. The van der Waals surface area contributed by atoms with Crippen LogP contribution in [0.15, 0.2) is 28.2 Å². The van der Waals surface area contributed by atoms with Crippen molar-refractivity contribution in [1.29, 1.82) is 0 Å². The Hall–Kier alpha value is -2.39. The van der Waals surface area contributed by atoms with Gasteiger partial charge in [-0.2, -0.15) is 0 Å². The van der Waals surface area contributed by atoms with Gasteiger partial charge in [-0.1, -0.05) is 18.5 Å². The number of hydrogen-bond donors (Lipinski definition) is 0. The molecule has 0 N–H and O–H groups in total. The summed E-state index contributed by atoms with van der Waals surface area (Å²) in [5.74, 6) is -3.49. The highest BCUT2D eigenvalue weighted by atomic mass is 35.5. The molecule has 0 saturated heterocycles. The van der Waals surface area contributed by atoms with Crippen LogP contribution >= 0.6 is 23.4 Å². The zero-order valence-electron chi connectivity index (χ0n) is 19.0. The number of benzene rings is 1. The van der Waals surface area contributed by atoms with Crippen molar-refractivity contribution in [3.05, 3.63) is 34.1 Å². The van der Waals surface area contributed by atoms with Gasteiger partial charge < -0.3 is 9.47 Å². The van der Waals surface area contributed by atoms with Gasteiger partial charge in [0.2, 0.25) is 5.91 Å². The number of imide groups is 1. The van der Waals surface area contributed by atoms with Crippen LogP contribution in [-0.4, -0.2) is 42.7 Å². The topological polar surface area (TPSA) is 90.0 Å². The lowest BCUT2D eigenvalue weighted by atomic mass is 9.90. The Labute approximate surface area is 201 Å². The molecule has 0 radical (unpaired) electrons. The highest BCUT2D eigenvalue weighted by molar-refractivity contribution is 8.00. The van der Waals surface area contributed by atoms with Crippen LogP contribution < -0.4 is 4.90 Å². The highest BCUT2D eigenvalue weighted by Gasteiger charge is 2.33. The third-order valence-corrected chi connectivity index (χ3v) is 6.34. The zero-order chi connectivity index (χ0) is 24.7. The van der Waals surface area contributed by atoms with Crippen molar-refractivity contribution in [2.45, 2.75) is 63.9 Å². The van der Waals surface area contributed by atoms with E-state index >= 15 is 0 Å². The minimum absolute atomic E-state index is 0.0274. The second-order valence-electron chi connectivity index (χ2n) is 7.60. The molecule has 0 heterocycles. The third-order valence-electron chi connectivity index (χ3n) is 4.89. The summed E-state index contributed by atoms with van der Waals surface area (Å²) in [4.78, 5) is 51.5. The van der Waals surface area contributed by atoms with Crippen molar-refractivity contribution >= 4 is 52.8 Å². The molecule has 180 valence electrons. The van der Waals surface area contributed by atoms with Crippen LogP contribution in [0, 0.1) is 5.82 Å². The normalized spacial score (nSPS) is 13.7. The summed E-state index contributed by atoms with van der Waals surface area (Å²) in [5.41, 5.74) is 0.0635. The minimum Gasteiger partial charge on any atom is -0.468 e. The molecule has 0 atom stereocenters. The van der Waals surface area contributed by atoms with Crippen LogP contribution in [0.25, 0.3) is 0 Å². The zero-order valence-corrected chi connectivity index (χ0v) is 20.6. The number of rotatable bonds is 8. The van der Waals surface area contributed by atoms with Crippen molar-refractivity contribution in [3.8, 4) is 0 Å². The van der Waals surface area contributed by atoms with Gasteiger partial charge in [-0.05, 0) is 51.7 Å². The Morgan fingerprint density at radius 3 is 2.36 bits per heavy atom. The summed E-state index contributed by atoms with van der Waals surface area (Å²) in [6.45, 7) is 4.95. The molecule has 0 aliphatic heterocycles. The molecule has 0 spiro atoms. The first-order valence-electron chi connectivity index (χ1n) is 10.6. The Kier molecular flexibility index (Phi) is 9.91. The van der Waals surface area contributed by atoms with E-state index in [0.717, 1.165) is 22.7 Å². The lowest BCUT2D eigenvalue weighted by molar-refractivity contribution is -0.143. The summed E-state index contributed by atoms with van der Waals surface area (Å²) < 4.78 is 24.8. The van der Waals surface area contributed by atoms with Crippen molar-refractivity contribution < 1.29 is 33.0 Å². The van der Waals surface area contributed by atoms with Crippen LogP contribution in [0.4, 0.5) is 10.1 Å². The Bertz CT molecular complexity index is 978. The summed E-state index contributed by atoms with van der Waals surface area (Å²) in [7, 11) is 1.24. The van der Waals surface area contributed by atoms with E-state index in [9.17, 15) is 23.6 Å². The molecule has 2 rings (SSSR count). The molecule has 1 aromatic carbocycles. The second kappa shape index (κ2) is 12.2. The van der Waals surface area contributed by atoms with Gasteiger partial charge in [0.25, 0.3) is 5.91 Å². The van der Waals surface area contributed by atoms with E-state index in [1.54, 1.807) is 20.8 Å². The molecule has 1 aromatic rings. The monoisotopic (exact) mass is 499 g/mol. The van der Waals surface area contributed by atoms with Crippen molar-refractivity contribution in [2.24, 2.45) is 0 Å². The van der Waals surface area contributed by atoms with Gasteiger partial charge in [-0.25, -0.2) is 14.1 Å². The smallest absolute Gasteiger partial charge is 0.334 e. The molecule has 0 fully saturated rings. The molecule has 0 aromatic heterocycles. The molecule has 2 amide bonds. The first-order valence-corrected chi connectivity index (χ1v) is 12.0. The van der Waals surface area contributed by atoms with Crippen LogP contribution in [0.1, 0.15) is 52.9 Å². The molecule has 10 heteroatoms. The second-order valence-corrected chi connectivity index (χ2v) is 9.03. The fourth-order valence-corrected chi connectivity index (χ4v) is 4.39. The maximum absolute atomic E-state index is 15.0. The van der Waals surface area contributed by atoms with Gasteiger partial charge in [0.1, 0.15) is 5.82 Å². The van der Waals surface area contributed by atoms with Crippen molar-refractivity contribution in [2.75, 3.05) is 17.8 Å². The fraction of sp³-hybridized carbons (Fsp3) is 0.478. The average molecular weight is 500 g/mol. The Morgan fingerprint density at radius 2 is 1.79 bits per heavy atom. The molecule has 0 unspecified atom stereocenters. The average Bonchev–Trinajstić information content (AvgIpc) is 2.78. The van der Waals surface area contributed by atoms with Crippen molar-refractivity contribution in [1.82, 2.24) is 0 Å². The molecule has 33 heavy (non-hydrogen) atoms. The van der Waals surface area contributed by atoms with Crippen LogP contribution in [0.2, 0.25) is 5.02 Å². The Balaban J connectivity index is 2.54. The Morgan fingerprint density at radius 1 is 1.15 bits per heavy atom. The summed E-state index contributed by atoms with van der Waals surface area (Å²) in [6, 6.07) is 2.25. The largest absolute Gasteiger partial charge is 0.468 e. The van der Waals surface area contributed by atoms with E-state index < -0.39 is 29.6 Å². The number of thioether (sulfide) groups is 1. The predicted molar refractivity (Wildman–Crippen MR) is 124 cm³/mol. The van der Waals surface area contributed by atoms with Gasteiger partial charge in [-0.15, -0.1) is 11.8 Å². The first-order chi connectivity index (χ1) is 15.6. The quantitative estimate of drug-likeness (QED) is 0.373. The summed E-state index contributed by atoms with van der Waals surface area (Å²) >= 11 is 7.11. The van der Waals surface area contributed by atoms with Gasteiger partial charge in [-0.3, -0.25) is 14.4 Å². The lowest BCUT2D eigenvalue weighted by Gasteiger charge is -2.26. The maximum Gasteiger partial charge on any atom is 0.334 e. The number of anilines is 1. The van der Waals surface area contributed by atoms with Crippen LogP contribution in [0.5, 0.6) is 0 Å². The SMILES string of the molecule is CCC(=O)N(C(=O)C1=C(C(=O)OC(C)C)CCCC1)c1cc(SCC(=O)OC)c(Cl)cc1F. The number of carbonyl (C=O) groups is 4. The minimum atomic E-state index is -0.875. The van der Waals surface area contributed by atoms with E-state index in [0.29, 0.717) is 24.2 Å². The van der Waals surface area contributed by atoms with Gasteiger partial charge in [0.05, 0.1) is 29.7 Å². The molecule has 1 aliphatic carbocycles. The van der Waals surface area contributed by atoms with E-state index in [4.69, 9.17) is 16.3 Å². The van der Waals surface area contributed by atoms with Crippen LogP contribution in [0.3, 0.4) is 0 Å². The number of esters is 2. The van der Waals surface area contributed by atoms with E-state index in [-0.39, 0.29) is 46.6 Å². The number of hydrogen-bond acceptors (Lipinski definition) is 7.